The van der Waals surface area contributed by atoms with Crippen LogP contribution in [0, 0.1) is 5.92 Å². The third-order valence-electron chi connectivity index (χ3n) is 5.31. The monoisotopic (exact) mass is 429 g/mol. The van der Waals surface area contributed by atoms with E-state index in [9.17, 15) is 13.2 Å². The van der Waals surface area contributed by atoms with Crippen molar-refractivity contribution in [2.24, 2.45) is 5.92 Å². The van der Waals surface area contributed by atoms with Gasteiger partial charge in [0, 0.05) is 44.8 Å². The Labute approximate surface area is 179 Å². The zero-order valence-electron chi connectivity index (χ0n) is 17.8. The van der Waals surface area contributed by atoms with Crippen molar-refractivity contribution in [2.75, 3.05) is 32.7 Å². The summed E-state index contributed by atoms with van der Waals surface area (Å²) >= 11 is 0. The van der Waals surface area contributed by atoms with E-state index in [4.69, 9.17) is 0 Å². The molecule has 0 spiro atoms. The van der Waals surface area contributed by atoms with E-state index in [-0.39, 0.29) is 5.91 Å². The highest BCUT2D eigenvalue weighted by molar-refractivity contribution is 7.89. The van der Waals surface area contributed by atoms with Gasteiger partial charge in [0.05, 0.1) is 4.90 Å². The average Bonchev–Trinajstić information content (AvgIpc) is 2.74. The molecule has 0 saturated carbocycles. The second kappa shape index (κ2) is 10.2. The van der Waals surface area contributed by atoms with Crippen molar-refractivity contribution in [3.63, 3.8) is 0 Å². The van der Waals surface area contributed by atoms with Gasteiger partial charge in [0.25, 0.3) is 5.91 Å². The van der Waals surface area contributed by atoms with E-state index in [0.29, 0.717) is 55.6 Å². The number of sulfonamides is 1. The quantitative estimate of drug-likeness (QED) is 0.700. The van der Waals surface area contributed by atoms with E-state index < -0.39 is 10.0 Å². The van der Waals surface area contributed by atoms with Crippen molar-refractivity contribution in [3.05, 3.63) is 65.7 Å². The molecular weight excluding hydrogens is 398 g/mol. The molecule has 1 saturated heterocycles. The van der Waals surface area contributed by atoms with Gasteiger partial charge in [-0.15, -0.1) is 0 Å². The zero-order valence-corrected chi connectivity index (χ0v) is 18.6. The van der Waals surface area contributed by atoms with E-state index in [1.165, 1.54) is 0 Å². The SMILES string of the molecule is CC(C)CCNC(=O)c1cccc(CN2CCN(S(=O)(=O)c3ccccc3)CC2)c1. The molecule has 0 aromatic heterocycles. The summed E-state index contributed by atoms with van der Waals surface area (Å²) in [6.07, 6.45) is 0.960. The van der Waals surface area contributed by atoms with Crippen LogP contribution >= 0.6 is 0 Å². The molecule has 2 aromatic rings. The Balaban J connectivity index is 1.54. The summed E-state index contributed by atoms with van der Waals surface area (Å²) < 4.78 is 27.1. The standard InChI is InChI=1S/C23H31N3O3S/c1-19(2)11-12-24-23(27)21-8-6-7-20(17-21)18-25-13-15-26(16-14-25)30(28,29)22-9-4-3-5-10-22/h3-10,17,19H,11-16,18H2,1-2H3,(H,24,27). The van der Waals surface area contributed by atoms with E-state index in [1.807, 2.05) is 30.3 Å². The van der Waals surface area contributed by atoms with Crippen LogP contribution in [0.1, 0.15) is 36.2 Å². The number of rotatable bonds is 8. The number of carbonyl (C=O) groups is 1. The smallest absolute Gasteiger partial charge is 0.251 e. The molecule has 0 atom stereocenters. The van der Waals surface area contributed by atoms with Gasteiger partial charge in [-0.2, -0.15) is 4.31 Å². The normalized spacial score (nSPS) is 16.0. The Kier molecular flexibility index (Phi) is 7.64. The molecule has 1 aliphatic rings. The lowest BCUT2D eigenvalue weighted by atomic mass is 10.1. The Bertz CT molecular complexity index is 937. The fourth-order valence-electron chi connectivity index (χ4n) is 3.52. The van der Waals surface area contributed by atoms with Crippen molar-refractivity contribution >= 4 is 15.9 Å². The van der Waals surface area contributed by atoms with E-state index in [2.05, 4.69) is 24.1 Å². The minimum Gasteiger partial charge on any atom is -0.352 e. The fourth-order valence-corrected chi connectivity index (χ4v) is 4.96. The molecule has 1 aliphatic heterocycles. The highest BCUT2D eigenvalue weighted by Gasteiger charge is 2.28. The van der Waals surface area contributed by atoms with Crippen molar-refractivity contribution in [1.29, 1.82) is 0 Å². The Morgan fingerprint density at radius 2 is 1.70 bits per heavy atom. The van der Waals surface area contributed by atoms with Crippen LogP contribution in [-0.2, 0) is 16.6 Å². The predicted octanol–water partition coefficient (Wildman–Crippen LogP) is 2.97. The lowest BCUT2D eigenvalue weighted by Gasteiger charge is -2.34. The van der Waals surface area contributed by atoms with Crippen LogP contribution < -0.4 is 5.32 Å². The number of hydrogen-bond donors (Lipinski definition) is 1. The number of amides is 1. The summed E-state index contributed by atoms with van der Waals surface area (Å²) in [7, 11) is -3.44. The highest BCUT2D eigenvalue weighted by atomic mass is 32.2. The average molecular weight is 430 g/mol. The first-order valence-corrected chi connectivity index (χ1v) is 11.9. The molecule has 162 valence electrons. The highest BCUT2D eigenvalue weighted by Crippen LogP contribution is 2.18. The van der Waals surface area contributed by atoms with Gasteiger partial charge in [0.15, 0.2) is 0 Å². The van der Waals surface area contributed by atoms with Gasteiger partial charge in [0.2, 0.25) is 10.0 Å². The van der Waals surface area contributed by atoms with Crippen molar-refractivity contribution in [2.45, 2.75) is 31.7 Å². The summed E-state index contributed by atoms with van der Waals surface area (Å²) in [4.78, 5) is 14.9. The molecule has 1 fully saturated rings. The predicted molar refractivity (Wildman–Crippen MR) is 119 cm³/mol. The van der Waals surface area contributed by atoms with Gasteiger partial charge < -0.3 is 5.32 Å². The molecule has 1 amide bonds. The minimum atomic E-state index is -3.44. The van der Waals surface area contributed by atoms with Crippen molar-refractivity contribution in [1.82, 2.24) is 14.5 Å². The van der Waals surface area contributed by atoms with Gasteiger partial charge >= 0.3 is 0 Å². The van der Waals surface area contributed by atoms with Gasteiger partial charge in [0.1, 0.15) is 0 Å². The minimum absolute atomic E-state index is 0.0451. The summed E-state index contributed by atoms with van der Waals surface area (Å²) in [6, 6.07) is 16.3. The Morgan fingerprint density at radius 1 is 1.00 bits per heavy atom. The number of benzene rings is 2. The maximum atomic E-state index is 12.8. The van der Waals surface area contributed by atoms with Crippen LogP contribution in [0.4, 0.5) is 0 Å². The lowest BCUT2D eigenvalue weighted by molar-refractivity contribution is 0.0951. The molecule has 1 N–H and O–H groups in total. The van der Waals surface area contributed by atoms with Crippen LogP contribution in [0.3, 0.4) is 0 Å². The third-order valence-corrected chi connectivity index (χ3v) is 7.23. The maximum absolute atomic E-state index is 12.8. The van der Waals surface area contributed by atoms with Gasteiger partial charge in [-0.1, -0.05) is 44.2 Å². The number of hydrogen-bond acceptors (Lipinski definition) is 4. The van der Waals surface area contributed by atoms with Crippen LogP contribution in [0.2, 0.25) is 0 Å². The van der Waals surface area contributed by atoms with E-state index >= 15 is 0 Å². The van der Waals surface area contributed by atoms with E-state index in [1.54, 1.807) is 28.6 Å². The van der Waals surface area contributed by atoms with E-state index in [0.717, 1.165) is 12.0 Å². The molecule has 0 bridgehead atoms. The number of nitrogens with one attached hydrogen (secondary N) is 1. The first-order chi connectivity index (χ1) is 14.4. The lowest BCUT2D eigenvalue weighted by Crippen LogP contribution is -2.48. The molecule has 30 heavy (non-hydrogen) atoms. The Morgan fingerprint density at radius 3 is 2.37 bits per heavy atom. The molecule has 6 nitrogen and oxygen atoms in total. The molecule has 0 unspecified atom stereocenters. The summed E-state index contributed by atoms with van der Waals surface area (Å²) in [5.74, 6) is 0.511. The molecule has 7 heteroatoms. The second-order valence-electron chi connectivity index (χ2n) is 8.13. The van der Waals surface area contributed by atoms with Crippen LogP contribution in [-0.4, -0.2) is 56.3 Å². The summed E-state index contributed by atoms with van der Waals surface area (Å²) in [5.41, 5.74) is 1.73. The molecule has 2 aromatic carbocycles. The van der Waals surface area contributed by atoms with Gasteiger partial charge in [-0.05, 0) is 42.2 Å². The van der Waals surface area contributed by atoms with Gasteiger partial charge in [-0.25, -0.2) is 8.42 Å². The summed E-state index contributed by atoms with van der Waals surface area (Å²) in [6.45, 7) is 7.91. The molecule has 0 aliphatic carbocycles. The fraction of sp³-hybridized carbons (Fsp3) is 0.435. The molecule has 1 heterocycles. The summed E-state index contributed by atoms with van der Waals surface area (Å²) in [5, 5.41) is 2.97. The molecule has 3 rings (SSSR count). The van der Waals surface area contributed by atoms with Crippen LogP contribution in [0.15, 0.2) is 59.5 Å². The molecular formula is C23H31N3O3S. The second-order valence-corrected chi connectivity index (χ2v) is 10.1. The first-order valence-electron chi connectivity index (χ1n) is 10.5. The maximum Gasteiger partial charge on any atom is 0.251 e. The Hall–Kier alpha value is -2.22. The van der Waals surface area contributed by atoms with Crippen LogP contribution in [0.25, 0.3) is 0 Å². The van der Waals surface area contributed by atoms with Gasteiger partial charge in [-0.3, -0.25) is 9.69 Å². The zero-order chi connectivity index (χ0) is 21.6. The van der Waals surface area contributed by atoms with Crippen molar-refractivity contribution in [3.8, 4) is 0 Å². The number of carbonyl (C=O) groups excluding carboxylic acids is 1. The molecule has 0 radical (unpaired) electrons. The largest absolute Gasteiger partial charge is 0.352 e. The number of piperazine rings is 1. The van der Waals surface area contributed by atoms with Crippen molar-refractivity contribution < 1.29 is 13.2 Å². The number of nitrogens with zero attached hydrogens (tertiary/aromatic N) is 2. The topological polar surface area (TPSA) is 69.7 Å². The van der Waals surface area contributed by atoms with Crippen LogP contribution in [0.5, 0.6) is 0 Å². The third kappa shape index (κ3) is 5.90. The first kappa shape index (κ1) is 22.5.